The summed E-state index contributed by atoms with van der Waals surface area (Å²) in [5, 5.41) is 24.2. The van der Waals surface area contributed by atoms with Gasteiger partial charge in [-0.3, -0.25) is 4.79 Å². The zero-order valence-corrected chi connectivity index (χ0v) is 24.7. The third-order valence-electron chi connectivity index (χ3n) is 6.70. The molecule has 1 aliphatic rings. The standard InChI is InChI=1S/C25H27FN6O3.C6H12/c1-13(27)15-9-10-28-24(22(15)35-4)30-18-11-20(29-12-16(18)21(33)14-5-6-14)31-19-8-7-17(23(26)32-19)25(2,3)34;1-4-6(3)5-2/h7-12,14,27,34H,5-6H2,1-4H3,(H2,28,29,30,31,32);4H,5H2,1-3H3/b;6-4+. The monoisotopic (exact) mass is 562 g/mol. The molecular weight excluding hydrogens is 523 g/mol. The third-order valence-corrected chi connectivity index (χ3v) is 6.70. The molecule has 0 radical (unpaired) electrons. The lowest BCUT2D eigenvalue weighted by Crippen LogP contribution is -2.18. The van der Waals surface area contributed by atoms with Crippen molar-refractivity contribution in [3.63, 3.8) is 0 Å². The van der Waals surface area contributed by atoms with Crippen LogP contribution in [0.4, 0.5) is 27.5 Å². The molecular formula is C31H39FN6O3. The molecule has 0 bridgehead atoms. The minimum Gasteiger partial charge on any atom is -0.492 e. The number of carbonyl (C=O) groups is 1. The predicted molar refractivity (Wildman–Crippen MR) is 160 cm³/mol. The molecule has 3 heterocycles. The van der Waals surface area contributed by atoms with Gasteiger partial charge < -0.3 is 25.9 Å². The highest BCUT2D eigenvalue weighted by Gasteiger charge is 2.32. The molecule has 3 aromatic heterocycles. The number of nitrogens with one attached hydrogen (secondary N) is 3. The van der Waals surface area contributed by atoms with Crippen molar-refractivity contribution in [2.75, 3.05) is 17.7 Å². The van der Waals surface area contributed by atoms with Crippen molar-refractivity contribution in [3.8, 4) is 5.75 Å². The maximum Gasteiger partial charge on any atom is 0.220 e. The Hall–Kier alpha value is -4.18. The molecule has 0 aromatic carbocycles. The Bertz CT molecular complexity index is 1440. The van der Waals surface area contributed by atoms with Crippen LogP contribution in [0.25, 0.3) is 0 Å². The topological polar surface area (TPSA) is 133 Å². The number of hydrogen-bond acceptors (Lipinski definition) is 9. The molecule has 0 spiro atoms. The summed E-state index contributed by atoms with van der Waals surface area (Å²) in [4.78, 5) is 25.5. The van der Waals surface area contributed by atoms with Crippen LogP contribution in [0.2, 0.25) is 0 Å². The zero-order chi connectivity index (χ0) is 30.3. The summed E-state index contributed by atoms with van der Waals surface area (Å²) >= 11 is 0. The second-order valence-electron chi connectivity index (χ2n) is 10.5. The van der Waals surface area contributed by atoms with E-state index in [1.54, 1.807) is 25.3 Å². The van der Waals surface area contributed by atoms with Gasteiger partial charge in [-0.2, -0.15) is 4.39 Å². The Morgan fingerprint density at radius 2 is 1.88 bits per heavy atom. The first-order valence-electron chi connectivity index (χ1n) is 13.6. The van der Waals surface area contributed by atoms with Gasteiger partial charge in [0.1, 0.15) is 11.6 Å². The quantitative estimate of drug-likeness (QED) is 0.0892. The van der Waals surface area contributed by atoms with Gasteiger partial charge in [-0.1, -0.05) is 18.6 Å². The number of hydrogen-bond donors (Lipinski definition) is 4. The highest BCUT2D eigenvalue weighted by atomic mass is 19.1. The number of pyridine rings is 3. The number of allylic oxidation sites excluding steroid dienone is 2. The maximum absolute atomic E-state index is 14.4. The number of nitrogens with zero attached hydrogens (tertiary/aromatic N) is 3. The SMILES string of the molecule is C/C=C(\C)CC.COc1c(C(C)=N)ccnc1Nc1cc(Nc2ccc(C(C)(C)O)c(F)n2)ncc1C(=O)C1CC1. The first-order valence-corrected chi connectivity index (χ1v) is 13.6. The maximum atomic E-state index is 14.4. The lowest BCUT2D eigenvalue weighted by molar-refractivity contribution is 0.0737. The van der Waals surface area contributed by atoms with Gasteiger partial charge in [-0.05, 0) is 72.1 Å². The fourth-order valence-electron chi connectivity index (χ4n) is 3.85. The van der Waals surface area contributed by atoms with E-state index in [-0.39, 0.29) is 23.1 Å². The van der Waals surface area contributed by atoms with Crippen molar-refractivity contribution < 1.29 is 19.0 Å². The van der Waals surface area contributed by atoms with Crippen LogP contribution in [-0.2, 0) is 5.60 Å². The molecule has 218 valence electrons. The number of Topliss-reactive ketones (excluding diaryl/α,β-unsaturated/α-hetero) is 1. The first kappa shape index (κ1) is 31.3. The largest absolute Gasteiger partial charge is 0.492 e. The van der Waals surface area contributed by atoms with Crippen LogP contribution in [0.15, 0.2) is 48.3 Å². The average molecular weight is 563 g/mol. The van der Waals surface area contributed by atoms with Crippen molar-refractivity contribution >= 4 is 34.6 Å². The van der Waals surface area contributed by atoms with E-state index >= 15 is 0 Å². The van der Waals surface area contributed by atoms with Crippen LogP contribution in [0.5, 0.6) is 5.75 Å². The lowest BCUT2D eigenvalue weighted by atomic mass is 10.0. The molecule has 0 aliphatic heterocycles. The molecule has 3 aromatic rings. The Labute approximate surface area is 240 Å². The van der Waals surface area contributed by atoms with E-state index in [2.05, 4.69) is 52.4 Å². The second-order valence-corrected chi connectivity index (χ2v) is 10.5. The third kappa shape index (κ3) is 8.17. The average Bonchev–Trinajstić information content (AvgIpc) is 3.78. The van der Waals surface area contributed by atoms with Crippen LogP contribution < -0.4 is 15.4 Å². The molecule has 0 atom stereocenters. The van der Waals surface area contributed by atoms with E-state index in [0.717, 1.165) is 12.8 Å². The zero-order valence-electron chi connectivity index (χ0n) is 24.7. The molecule has 0 amide bonds. The minimum absolute atomic E-state index is 0.0244. The number of ether oxygens (including phenoxy) is 1. The van der Waals surface area contributed by atoms with Gasteiger partial charge in [0, 0.05) is 41.2 Å². The van der Waals surface area contributed by atoms with Crippen LogP contribution in [0, 0.1) is 17.3 Å². The number of halogens is 1. The van der Waals surface area contributed by atoms with E-state index in [1.165, 1.54) is 51.3 Å². The summed E-state index contributed by atoms with van der Waals surface area (Å²) in [6, 6.07) is 6.29. The Morgan fingerprint density at radius 1 is 1.17 bits per heavy atom. The number of anilines is 4. The van der Waals surface area contributed by atoms with Crippen molar-refractivity contribution in [2.24, 2.45) is 5.92 Å². The van der Waals surface area contributed by atoms with Crippen LogP contribution in [0.1, 0.15) is 82.3 Å². The molecule has 9 nitrogen and oxygen atoms in total. The summed E-state index contributed by atoms with van der Waals surface area (Å²) < 4.78 is 19.9. The first-order chi connectivity index (χ1) is 19.4. The highest BCUT2D eigenvalue weighted by molar-refractivity contribution is 6.05. The summed E-state index contributed by atoms with van der Waals surface area (Å²) in [7, 11) is 1.49. The van der Waals surface area contributed by atoms with E-state index in [0.29, 0.717) is 39.9 Å². The van der Waals surface area contributed by atoms with Crippen molar-refractivity contribution in [1.82, 2.24) is 15.0 Å². The second kappa shape index (κ2) is 13.5. The fourth-order valence-corrected chi connectivity index (χ4v) is 3.85. The van der Waals surface area contributed by atoms with Crippen LogP contribution in [-0.4, -0.2) is 38.7 Å². The minimum atomic E-state index is -1.37. The Morgan fingerprint density at radius 3 is 2.39 bits per heavy atom. The van der Waals surface area contributed by atoms with E-state index in [9.17, 15) is 14.3 Å². The number of aromatic nitrogens is 3. The van der Waals surface area contributed by atoms with Crippen molar-refractivity contribution in [2.45, 2.75) is 66.4 Å². The van der Waals surface area contributed by atoms with Gasteiger partial charge in [0.2, 0.25) is 5.95 Å². The normalized spacial score (nSPS) is 13.1. The predicted octanol–water partition coefficient (Wildman–Crippen LogP) is 7.08. The van der Waals surface area contributed by atoms with Gasteiger partial charge in [-0.25, -0.2) is 15.0 Å². The molecule has 1 fully saturated rings. The Balaban J connectivity index is 0.000000696. The van der Waals surface area contributed by atoms with Gasteiger partial charge in [-0.15, -0.1) is 0 Å². The molecule has 1 saturated carbocycles. The van der Waals surface area contributed by atoms with Gasteiger partial charge in [0.05, 0.1) is 24.0 Å². The van der Waals surface area contributed by atoms with Crippen LogP contribution in [0.3, 0.4) is 0 Å². The molecule has 0 unspecified atom stereocenters. The smallest absolute Gasteiger partial charge is 0.220 e. The number of ketones is 1. The van der Waals surface area contributed by atoms with E-state index in [4.69, 9.17) is 10.1 Å². The van der Waals surface area contributed by atoms with Crippen molar-refractivity contribution in [3.05, 3.63) is 70.9 Å². The van der Waals surface area contributed by atoms with Gasteiger partial charge in [0.25, 0.3) is 0 Å². The number of methoxy groups -OCH3 is 1. The number of carbonyl (C=O) groups excluding carboxylic acids is 1. The molecule has 1 aliphatic carbocycles. The summed E-state index contributed by atoms with van der Waals surface area (Å²) in [5.74, 6) is 0.372. The summed E-state index contributed by atoms with van der Waals surface area (Å²) in [5.41, 5.74) is 1.89. The van der Waals surface area contributed by atoms with Gasteiger partial charge in [0.15, 0.2) is 17.4 Å². The highest BCUT2D eigenvalue weighted by Crippen LogP contribution is 2.37. The van der Waals surface area contributed by atoms with Crippen molar-refractivity contribution in [1.29, 1.82) is 5.41 Å². The number of rotatable bonds is 10. The van der Waals surface area contributed by atoms with Crippen LogP contribution >= 0.6 is 0 Å². The van der Waals surface area contributed by atoms with Gasteiger partial charge >= 0.3 is 0 Å². The molecule has 4 rings (SSSR count). The Kier molecular flexibility index (Phi) is 10.3. The molecule has 41 heavy (non-hydrogen) atoms. The lowest BCUT2D eigenvalue weighted by Gasteiger charge is -2.18. The fraction of sp³-hybridized carbons (Fsp3) is 0.387. The van der Waals surface area contributed by atoms with E-state index < -0.39 is 11.5 Å². The summed E-state index contributed by atoms with van der Waals surface area (Å²) in [6.45, 7) is 11.0. The molecule has 10 heteroatoms. The molecule has 4 N–H and O–H groups in total. The number of aliphatic hydroxyl groups is 1. The van der Waals surface area contributed by atoms with E-state index in [1.807, 2.05) is 0 Å². The molecule has 0 saturated heterocycles. The summed E-state index contributed by atoms with van der Waals surface area (Å²) in [6.07, 6.45) is 8.01.